The molecule has 1 amide bonds. The van der Waals surface area contributed by atoms with E-state index >= 15 is 0 Å². The van der Waals surface area contributed by atoms with Crippen LogP contribution in [0, 0.1) is 0 Å². The lowest BCUT2D eigenvalue weighted by molar-refractivity contribution is 0.0955. The Morgan fingerprint density at radius 2 is 2.25 bits per heavy atom. The number of nitrogens with zero attached hydrogens (tertiary/aromatic N) is 1. The average Bonchev–Trinajstić information content (AvgIpc) is 2.35. The Morgan fingerprint density at radius 1 is 1.38 bits per heavy atom. The van der Waals surface area contributed by atoms with Gasteiger partial charge in [0.15, 0.2) is 0 Å². The minimum atomic E-state index is -0.113. The molecule has 0 spiro atoms. The zero-order valence-corrected chi connectivity index (χ0v) is 8.81. The van der Waals surface area contributed by atoms with E-state index in [2.05, 4.69) is 10.3 Å². The maximum atomic E-state index is 11.7. The molecular weight excluding hydrogens is 202 g/mol. The third-order valence-corrected chi connectivity index (χ3v) is 2.30. The van der Waals surface area contributed by atoms with Gasteiger partial charge < -0.3 is 11.1 Å². The van der Waals surface area contributed by atoms with Crippen molar-refractivity contribution in [1.82, 2.24) is 10.3 Å². The van der Waals surface area contributed by atoms with Crippen LogP contribution in [0.4, 0.5) is 0 Å². The first kappa shape index (κ1) is 10.6. The predicted molar refractivity (Wildman–Crippen MR) is 63.1 cm³/mol. The highest BCUT2D eigenvalue weighted by Crippen LogP contribution is 2.12. The van der Waals surface area contributed by atoms with Crippen LogP contribution in [-0.4, -0.2) is 24.0 Å². The molecule has 2 aromatic rings. The van der Waals surface area contributed by atoms with Gasteiger partial charge in [-0.25, -0.2) is 0 Å². The SMILES string of the molecule is NCCNC(=O)c1ccc2cccnc2c1. The van der Waals surface area contributed by atoms with E-state index in [4.69, 9.17) is 5.73 Å². The van der Waals surface area contributed by atoms with Gasteiger partial charge in [0, 0.05) is 30.2 Å². The number of carbonyl (C=O) groups excluding carboxylic acids is 1. The number of fused-ring (bicyclic) bond motifs is 1. The molecule has 4 heteroatoms. The summed E-state index contributed by atoms with van der Waals surface area (Å²) in [5.41, 5.74) is 6.75. The summed E-state index contributed by atoms with van der Waals surface area (Å²) in [7, 11) is 0. The van der Waals surface area contributed by atoms with E-state index in [0.29, 0.717) is 18.7 Å². The number of benzene rings is 1. The number of nitrogens with two attached hydrogens (primary N) is 1. The molecule has 0 aliphatic rings. The molecule has 0 aliphatic heterocycles. The Kier molecular flexibility index (Phi) is 3.12. The fourth-order valence-electron chi connectivity index (χ4n) is 1.50. The lowest BCUT2D eigenvalue weighted by Crippen LogP contribution is -2.28. The maximum Gasteiger partial charge on any atom is 0.251 e. The van der Waals surface area contributed by atoms with Crippen molar-refractivity contribution in [2.24, 2.45) is 5.73 Å². The summed E-state index contributed by atoms with van der Waals surface area (Å²) in [5, 5.41) is 3.75. The summed E-state index contributed by atoms with van der Waals surface area (Å²) in [4.78, 5) is 15.9. The first-order valence-electron chi connectivity index (χ1n) is 5.14. The fraction of sp³-hybridized carbons (Fsp3) is 0.167. The normalized spacial score (nSPS) is 10.3. The second-order valence-corrected chi connectivity index (χ2v) is 3.46. The molecule has 1 heterocycles. The van der Waals surface area contributed by atoms with E-state index in [-0.39, 0.29) is 5.91 Å². The van der Waals surface area contributed by atoms with Gasteiger partial charge in [-0.1, -0.05) is 12.1 Å². The summed E-state index contributed by atoms with van der Waals surface area (Å²) < 4.78 is 0. The molecule has 0 atom stereocenters. The summed E-state index contributed by atoms with van der Waals surface area (Å²) in [6.07, 6.45) is 1.71. The average molecular weight is 215 g/mol. The quantitative estimate of drug-likeness (QED) is 0.800. The van der Waals surface area contributed by atoms with Gasteiger partial charge >= 0.3 is 0 Å². The lowest BCUT2D eigenvalue weighted by atomic mass is 10.1. The standard InChI is InChI=1S/C12H13N3O/c13-5-7-15-12(16)10-4-3-9-2-1-6-14-11(9)8-10/h1-4,6,8H,5,7,13H2,(H,15,16). The minimum absolute atomic E-state index is 0.113. The van der Waals surface area contributed by atoms with Crippen LogP contribution >= 0.6 is 0 Å². The smallest absolute Gasteiger partial charge is 0.251 e. The second-order valence-electron chi connectivity index (χ2n) is 3.46. The Bertz CT molecular complexity index is 510. The molecule has 16 heavy (non-hydrogen) atoms. The van der Waals surface area contributed by atoms with Crippen molar-refractivity contribution in [2.45, 2.75) is 0 Å². The largest absolute Gasteiger partial charge is 0.351 e. The molecule has 1 aromatic carbocycles. The summed E-state index contributed by atoms with van der Waals surface area (Å²) in [6, 6.07) is 9.29. The second kappa shape index (κ2) is 4.72. The van der Waals surface area contributed by atoms with Crippen LogP contribution in [0.2, 0.25) is 0 Å². The highest BCUT2D eigenvalue weighted by Gasteiger charge is 2.05. The van der Waals surface area contributed by atoms with Crippen molar-refractivity contribution in [2.75, 3.05) is 13.1 Å². The fourth-order valence-corrected chi connectivity index (χ4v) is 1.50. The van der Waals surface area contributed by atoms with E-state index in [1.807, 2.05) is 18.2 Å². The van der Waals surface area contributed by atoms with Gasteiger partial charge in [0.05, 0.1) is 5.52 Å². The Morgan fingerprint density at radius 3 is 3.06 bits per heavy atom. The van der Waals surface area contributed by atoms with Crippen LogP contribution in [0.1, 0.15) is 10.4 Å². The van der Waals surface area contributed by atoms with E-state index in [0.717, 1.165) is 10.9 Å². The van der Waals surface area contributed by atoms with Gasteiger partial charge in [-0.15, -0.1) is 0 Å². The zero-order chi connectivity index (χ0) is 11.4. The van der Waals surface area contributed by atoms with Gasteiger partial charge in [-0.2, -0.15) is 0 Å². The first-order chi connectivity index (χ1) is 7.81. The number of aromatic nitrogens is 1. The molecule has 0 aliphatic carbocycles. The molecule has 3 N–H and O–H groups in total. The van der Waals surface area contributed by atoms with Crippen molar-refractivity contribution < 1.29 is 4.79 Å². The Labute approximate surface area is 93.5 Å². The lowest BCUT2D eigenvalue weighted by Gasteiger charge is -2.04. The van der Waals surface area contributed by atoms with Crippen molar-refractivity contribution >= 4 is 16.8 Å². The van der Waals surface area contributed by atoms with Crippen LogP contribution in [0.3, 0.4) is 0 Å². The van der Waals surface area contributed by atoms with Crippen LogP contribution in [-0.2, 0) is 0 Å². The van der Waals surface area contributed by atoms with Crippen LogP contribution in [0.5, 0.6) is 0 Å². The summed E-state index contributed by atoms with van der Waals surface area (Å²) >= 11 is 0. The van der Waals surface area contributed by atoms with Crippen molar-refractivity contribution in [3.63, 3.8) is 0 Å². The van der Waals surface area contributed by atoms with Crippen LogP contribution in [0.15, 0.2) is 36.5 Å². The molecule has 0 saturated heterocycles. The molecule has 0 fully saturated rings. The third-order valence-electron chi connectivity index (χ3n) is 2.30. The summed E-state index contributed by atoms with van der Waals surface area (Å²) in [5.74, 6) is -0.113. The zero-order valence-electron chi connectivity index (χ0n) is 8.81. The van der Waals surface area contributed by atoms with E-state index < -0.39 is 0 Å². The van der Waals surface area contributed by atoms with Gasteiger partial charge in [0.1, 0.15) is 0 Å². The molecule has 0 radical (unpaired) electrons. The van der Waals surface area contributed by atoms with Crippen molar-refractivity contribution in [3.8, 4) is 0 Å². The van der Waals surface area contributed by atoms with E-state index in [1.165, 1.54) is 0 Å². The predicted octanol–water partition coefficient (Wildman–Crippen LogP) is 0.923. The molecular formula is C12H13N3O. The number of pyridine rings is 1. The number of hydrogen-bond donors (Lipinski definition) is 2. The Balaban J connectivity index is 2.28. The molecule has 0 saturated carbocycles. The number of rotatable bonds is 3. The van der Waals surface area contributed by atoms with Crippen molar-refractivity contribution in [1.29, 1.82) is 0 Å². The summed E-state index contributed by atoms with van der Waals surface area (Å²) in [6.45, 7) is 0.927. The van der Waals surface area contributed by atoms with Gasteiger partial charge in [-0.05, 0) is 18.2 Å². The molecule has 0 bridgehead atoms. The van der Waals surface area contributed by atoms with E-state index in [9.17, 15) is 4.79 Å². The van der Waals surface area contributed by atoms with Crippen molar-refractivity contribution in [3.05, 3.63) is 42.1 Å². The van der Waals surface area contributed by atoms with Crippen LogP contribution < -0.4 is 11.1 Å². The molecule has 82 valence electrons. The topological polar surface area (TPSA) is 68.0 Å². The molecule has 4 nitrogen and oxygen atoms in total. The maximum absolute atomic E-state index is 11.7. The van der Waals surface area contributed by atoms with Gasteiger partial charge in [-0.3, -0.25) is 9.78 Å². The number of carbonyl (C=O) groups is 1. The van der Waals surface area contributed by atoms with Crippen LogP contribution in [0.25, 0.3) is 10.9 Å². The molecule has 0 unspecified atom stereocenters. The number of hydrogen-bond acceptors (Lipinski definition) is 3. The Hall–Kier alpha value is -1.94. The first-order valence-corrected chi connectivity index (χ1v) is 5.14. The minimum Gasteiger partial charge on any atom is -0.351 e. The van der Waals surface area contributed by atoms with Gasteiger partial charge in [0.25, 0.3) is 5.91 Å². The molecule has 2 rings (SSSR count). The third kappa shape index (κ3) is 2.17. The molecule has 1 aromatic heterocycles. The monoisotopic (exact) mass is 215 g/mol. The highest BCUT2D eigenvalue weighted by atomic mass is 16.1. The highest BCUT2D eigenvalue weighted by molar-refractivity contribution is 5.97. The van der Waals surface area contributed by atoms with E-state index in [1.54, 1.807) is 18.3 Å². The number of nitrogens with one attached hydrogen (secondary N) is 1. The number of amides is 1. The van der Waals surface area contributed by atoms with Gasteiger partial charge in [0.2, 0.25) is 0 Å².